The van der Waals surface area contributed by atoms with Gasteiger partial charge in [-0.15, -0.1) is 0 Å². The number of ether oxygens (including phenoxy) is 1. The van der Waals surface area contributed by atoms with E-state index < -0.39 is 5.41 Å². The van der Waals surface area contributed by atoms with Crippen molar-refractivity contribution < 1.29 is 13.9 Å². The number of benzene rings is 1. The molecule has 0 spiro atoms. The first-order chi connectivity index (χ1) is 12.6. The van der Waals surface area contributed by atoms with Gasteiger partial charge < -0.3 is 15.0 Å². The van der Waals surface area contributed by atoms with E-state index in [1.165, 1.54) is 6.07 Å². The molecule has 2 saturated heterocycles. The number of methoxy groups -OCH3 is 1. The van der Waals surface area contributed by atoms with Crippen LogP contribution in [0.15, 0.2) is 18.2 Å². The highest BCUT2D eigenvalue weighted by Gasteiger charge is 2.42. The summed E-state index contributed by atoms with van der Waals surface area (Å²) in [4.78, 5) is 17.3. The van der Waals surface area contributed by atoms with Gasteiger partial charge in [-0.3, -0.25) is 9.69 Å². The summed E-state index contributed by atoms with van der Waals surface area (Å²) in [5.41, 5.74) is 0.125. The first kappa shape index (κ1) is 19.5. The summed E-state index contributed by atoms with van der Waals surface area (Å²) in [5.74, 6) is -0.0748. The number of hydrogen-bond donors (Lipinski definition) is 1. The van der Waals surface area contributed by atoms with Crippen molar-refractivity contribution in [1.29, 1.82) is 0 Å². The number of rotatable bonds is 5. The van der Waals surface area contributed by atoms with Gasteiger partial charge in [0.2, 0.25) is 5.91 Å². The fraction of sp³-hybridized carbons (Fsp3) is 0.632. The molecule has 1 amide bonds. The summed E-state index contributed by atoms with van der Waals surface area (Å²) in [6, 6.07) is 4.77. The fourth-order valence-corrected chi connectivity index (χ4v) is 4.18. The van der Waals surface area contributed by atoms with Crippen molar-refractivity contribution in [2.24, 2.45) is 5.41 Å². The zero-order valence-corrected chi connectivity index (χ0v) is 16.0. The number of nitrogens with one attached hydrogen (secondary N) is 1. The summed E-state index contributed by atoms with van der Waals surface area (Å²) in [6.45, 7) is 5.39. The molecule has 7 heteroatoms. The molecule has 0 bridgehead atoms. The molecule has 2 aliphatic rings. The Morgan fingerprint density at radius 2 is 1.96 bits per heavy atom. The Bertz CT molecular complexity index is 603. The number of amides is 1. The van der Waals surface area contributed by atoms with E-state index in [-0.39, 0.29) is 11.7 Å². The molecule has 0 radical (unpaired) electrons. The molecule has 2 heterocycles. The van der Waals surface area contributed by atoms with E-state index in [4.69, 9.17) is 16.3 Å². The second-order valence-corrected chi connectivity index (χ2v) is 7.64. The van der Waals surface area contributed by atoms with Crippen LogP contribution < -0.4 is 5.32 Å². The Hall–Kier alpha value is -1.21. The van der Waals surface area contributed by atoms with Crippen molar-refractivity contribution in [3.05, 3.63) is 34.6 Å². The number of carbonyl (C=O) groups is 1. The summed E-state index contributed by atoms with van der Waals surface area (Å²) in [5, 5.41) is 3.77. The third-order valence-electron chi connectivity index (χ3n) is 5.54. The number of carbonyl (C=O) groups excluding carboxylic acids is 1. The zero-order valence-electron chi connectivity index (χ0n) is 15.3. The standard InChI is InChI=1S/C19H27ClFN3O2/c1-26-14-19(5-7-22-8-6-19)18(25)24-11-9-23(10-12-24)13-15-16(20)3-2-4-17(15)21/h2-4,22H,5-14H2,1H3. The van der Waals surface area contributed by atoms with Crippen LogP contribution in [0.25, 0.3) is 0 Å². The van der Waals surface area contributed by atoms with Gasteiger partial charge in [0, 0.05) is 50.4 Å². The minimum atomic E-state index is -0.406. The van der Waals surface area contributed by atoms with Gasteiger partial charge >= 0.3 is 0 Å². The lowest BCUT2D eigenvalue weighted by molar-refractivity contribution is -0.149. The van der Waals surface area contributed by atoms with E-state index in [9.17, 15) is 9.18 Å². The maximum absolute atomic E-state index is 14.0. The summed E-state index contributed by atoms with van der Waals surface area (Å²) in [7, 11) is 1.66. The second kappa shape index (κ2) is 8.65. The van der Waals surface area contributed by atoms with Crippen LogP contribution in [0.5, 0.6) is 0 Å². The van der Waals surface area contributed by atoms with E-state index in [1.807, 2.05) is 4.90 Å². The van der Waals surface area contributed by atoms with Gasteiger partial charge in [0.15, 0.2) is 0 Å². The van der Waals surface area contributed by atoms with Gasteiger partial charge in [-0.1, -0.05) is 17.7 Å². The lowest BCUT2D eigenvalue weighted by Gasteiger charge is -2.42. The monoisotopic (exact) mass is 383 g/mol. The van der Waals surface area contributed by atoms with E-state index in [0.717, 1.165) is 39.0 Å². The highest BCUT2D eigenvalue weighted by molar-refractivity contribution is 6.31. The van der Waals surface area contributed by atoms with Crippen LogP contribution in [0.3, 0.4) is 0 Å². The number of halogens is 2. The van der Waals surface area contributed by atoms with Crippen molar-refractivity contribution in [2.45, 2.75) is 19.4 Å². The van der Waals surface area contributed by atoms with Gasteiger partial charge in [-0.2, -0.15) is 0 Å². The molecule has 0 unspecified atom stereocenters. The highest BCUT2D eigenvalue weighted by Crippen LogP contribution is 2.32. The Balaban J connectivity index is 1.60. The predicted octanol–water partition coefficient (Wildman–Crippen LogP) is 2.14. The summed E-state index contributed by atoms with van der Waals surface area (Å²) >= 11 is 6.13. The van der Waals surface area contributed by atoms with Gasteiger partial charge in [0.25, 0.3) is 0 Å². The van der Waals surface area contributed by atoms with Crippen LogP contribution in [-0.2, 0) is 16.1 Å². The number of hydrogen-bond acceptors (Lipinski definition) is 4. The maximum Gasteiger partial charge on any atom is 0.231 e. The van der Waals surface area contributed by atoms with Crippen molar-refractivity contribution in [2.75, 3.05) is 53.0 Å². The van der Waals surface area contributed by atoms with Crippen LogP contribution >= 0.6 is 11.6 Å². The number of piperidine rings is 1. The van der Waals surface area contributed by atoms with Crippen LogP contribution in [0.1, 0.15) is 18.4 Å². The first-order valence-electron chi connectivity index (χ1n) is 9.20. The van der Waals surface area contributed by atoms with Crippen molar-refractivity contribution in [1.82, 2.24) is 15.1 Å². The third kappa shape index (κ3) is 4.19. The lowest BCUT2D eigenvalue weighted by Crippen LogP contribution is -2.56. The van der Waals surface area contributed by atoms with E-state index >= 15 is 0 Å². The molecule has 0 atom stereocenters. The molecule has 0 aliphatic carbocycles. The largest absolute Gasteiger partial charge is 0.384 e. The van der Waals surface area contributed by atoms with Crippen LogP contribution in [0.2, 0.25) is 5.02 Å². The number of nitrogens with zero attached hydrogens (tertiary/aromatic N) is 2. The molecule has 1 aromatic carbocycles. The topological polar surface area (TPSA) is 44.8 Å². The Labute approximate surface area is 159 Å². The Kier molecular flexibility index (Phi) is 6.51. The fourth-order valence-electron chi connectivity index (χ4n) is 3.95. The second-order valence-electron chi connectivity index (χ2n) is 7.23. The zero-order chi connectivity index (χ0) is 18.6. The van der Waals surface area contributed by atoms with Crippen molar-refractivity contribution in [3.8, 4) is 0 Å². The van der Waals surface area contributed by atoms with Crippen LogP contribution in [0, 0.1) is 11.2 Å². The van der Waals surface area contributed by atoms with Gasteiger partial charge in [0.1, 0.15) is 5.82 Å². The minimum absolute atomic E-state index is 0.199. The quantitative estimate of drug-likeness (QED) is 0.846. The molecule has 0 saturated carbocycles. The molecule has 26 heavy (non-hydrogen) atoms. The Morgan fingerprint density at radius 1 is 1.27 bits per heavy atom. The molecule has 5 nitrogen and oxygen atoms in total. The van der Waals surface area contributed by atoms with Gasteiger partial charge in [0.05, 0.1) is 12.0 Å². The normalized spacial score (nSPS) is 21.0. The van der Waals surface area contributed by atoms with E-state index in [2.05, 4.69) is 10.2 Å². The molecular weight excluding hydrogens is 357 g/mol. The molecule has 0 aromatic heterocycles. The SMILES string of the molecule is COCC1(C(=O)N2CCN(Cc3c(F)cccc3Cl)CC2)CCNCC1. The lowest BCUT2D eigenvalue weighted by atomic mass is 9.78. The van der Waals surface area contributed by atoms with Crippen LogP contribution in [0.4, 0.5) is 4.39 Å². The Morgan fingerprint density at radius 3 is 2.58 bits per heavy atom. The first-order valence-corrected chi connectivity index (χ1v) is 9.58. The van der Waals surface area contributed by atoms with E-state index in [1.54, 1.807) is 19.2 Å². The average Bonchev–Trinajstić information content (AvgIpc) is 2.66. The molecule has 1 N–H and O–H groups in total. The molecule has 3 rings (SSSR count). The van der Waals surface area contributed by atoms with Crippen LogP contribution in [-0.4, -0.2) is 68.7 Å². The van der Waals surface area contributed by atoms with Crippen molar-refractivity contribution >= 4 is 17.5 Å². The highest BCUT2D eigenvalue weighted by atomic mass is 35.5. The summed E-state index contributed by atoms with van der Waals surface area (Å²) in [6.07, 6.45) is 1.62. The summed E-state index contributed by atoms with van der Waals surface area (Å²) < 4.78 is 19.4. The molecule has 2 fully saturated rings. The van der Waals surface area contributed by atoms with Crippen molar-refractivity contribution in [3.63, 3.8) is 0 Å². The molecule has 1 aromatic rings. The molecular formula is C19H27ClFN3O2. The molecule has 2 aliphatic heterocycles. The number of piperazine rings is 1. The molecule has 144 valence electrons. The smallest absolute Gasteiger partial charge is 0.231 e. The van der Waals surface area contributed by atoms with Gasteiger partial charge in [-0.05, 0) is 38.1 Å². The minimum Gasteiger partial charge on any atom is -0.384 e. The van der Waals surface area contributed by atoms with E-state index in [0.29, 0.717) is 36.8 Å². The average molecular weight is 384 g/mol. The van der Waals surface area contributed by atoms with Gasteiger partial charge in [-0.25, -0.2) is 4.39 Å². The maximum atomic E-state index is 14.0. The third-order valence-corrected chi connectivity index (χ3v) is 5.89. The predicted molar refractivity (Wildman–Crippen MR) is 99.7 cm³/mol.